The van der Waals surface area contributed by atoms with Gasteiger partial charge in [0.25, 0.3) is 0 Å². The second-order valence-corrected chi connectivity index (χ2v) is 7.00. The zero-order valence-corrected chi connectivity index (χ0v) is 14.1. The van der Waals surface area contributed by atoms with Gasteiger partial charge in [-0.15, -0.1) is 0 Å². The van der Waals surface area contributed by atoms with E-state index in [1.807, 2.05) is 30.3 Å². The molecular formula is C19H25NO5. The summed E-state index contributed by atoms with van der Waals surface area (Å²) >= 11 is 0. The number of carboxylic acids is 1. The number of hydrogen-bond acceptors (Lipinski definition) is 5. The average molecular weight is 347 g/mol. The molecule has 2 saturated carbocycles. The number of carbonyl (C=O) groups is 1. The monoisotopic (exact) mass is 347 g/mol. The Morgan fingerprint density at radius 3 is 2.80 bits per heavy atom. The van der Waals surface area contributed by atoms with Gasteiger partial charge in [0.1, 0.15) is 6.61 Å². The molecule has 3 N–H and O–H groups in total. The summed E-state index contributed by atoms with van der Waals surface area (Å²) in [4.78, 5) is 15.5. The summed E-state index contributed by atoms with van der Waals surface area (Å²) in [6.45, 7) is 0.0749. The van der Waals surface area contributed by atoms with Crippen LogP contribution < -0.4 is 0 Å². The van der Waals surface area contributed by atoms with E-state index in [-0.39, 0.29) is 31.0 Å². The second kappa shape index (κ2) is 7.97. The third kappa shape index (κ3) is 4.19. The predicted octanol–water partition coefficient (Wildman–Crippen LogP) is 2.36. The first-order chi connectivity index (χ1) is 12.1. The van der Waals surface area contributed by atoms with Gasteiger partial charge in [-0.05, 0) is 43.1 Å². The molecule has 0 heterocycles. The van der Waals surface area contributed by atoms with E-state index >= 15 is 0 Å². The molecule has 0 aliphatic heterocycles. The van der Waals surface area contributed by atoms with E-state index in [4.69, 9.17) is 9.94 Å². The van der Waals surface area contributed by atoms with Crippen molar-refractivity contribution < 1.29 is 25.0 Å². The van der Waals surface area contributed by atoms with Gasteiger partial charge in [0.15, 0.2) is 0 Å². The van der Waals surface area contributed by atoms with Crippen molar-refractivity contribution in [3.8, 4) is 0 Å². The second-order valence-electron chi connectivity index (χ2n) is 7.00. The molecule has 2 aliphatic rings. The first-order valence-corrected chi connectivity index (χ1v) is 8.88. The van der Waals surface area contributed by atoms with Crippen LogP contribution in [-0.4, -0.2) is 39.7 Å². The number of aliphatic carboxylic acids is 1. The number of carboxylic acid groups (broad SMARTS) is 1. The Kier molecular flexibility index (Phi) is 5.71. The average Bonchev–Trinajstić information content (AvgIpc) is 2.84. The van der Waals surface area contributed by atoms with E-state index in [2.05, 4.69) is 5.16 Å². The summed E-state index contributed by atoms with van der Waals surface area (Å²) in [5.41, 5.74) is 1.84. The van der Waals surface area contributed by atoms with Crippen molar-refractivity contribution in [1.82, 2.24) is 0 Å². The fourth-order valence-electron chi connectivity index (χ4n) is 4.07. The van der Waals surface area contributed by atoms with Crippen LogP contribution in [0.15, 0.2) is 35.5 Å². The highest BCUT2D eigenvalue weighted by Gasteiger charge is 2.51. The highest BCUT2D eigenvalue weighted by atomic mass is 16.6. The molecule has 1 aromatic rings. The lowest BCUT2D eigenvalue weighted by atomic mass is 9.70. The molecule has 1 aromatic carbocycles. The molecule has 0 spiro atoms. The lowest BCUT2D eigenvalue weighted by molar-refractivity contribution is -0.138. The number of aliphatic hydroxyl groups is 2. The molecular weight excluding hydrogens is 322 g/mol. The number of oxime groups is 1. The smallest absolute Gasteiger partial charge is 0.306 e. The van der Waals surface area contributed by atoms with Crippen LogP contribution in [0.5, 0.6) is 0 Å². The van der Waals surface area contributed by atoms with Crippen LogP contribution in [-0.2, 0) is 9.63 Å². The third-order valence-electron chi connectivity index (χ3n) is 5.48. The molecule has 2 aliphatic carbocycles. The number of benzene rings is 1. The highest BCUT2D eigenvalue weighted by Crippen LogP contribution is 2.50. The van der Waals surface area contributed by atoms with Crippen molar-refractivity contribution in [3.63, 3.8) is 0 Å². The summed E-state index contributed by atoms with van der Waals surface area (Å²) in [6, 6.07) is 9.59. The molecule has 5 unspecified atom stereocenters. The van der Waals surface area contributed by atoms with Gasteiger partial charge < -0.3 is 20.2 Å². The zero-order valence-electron chi connectivity index (χ0n) is 14.1. The number of aliphatic hydroxyl groups excluding tert-OH is 2. The zero-order chi connectivity index (χ0) is 17.8. The molecule has 136 valence electrons. The minimum absolute atomic E-state index is 0.0620. The SMILES string of the molecule is O=C(O)CCON=C1CC2C1CC(O)C2CCC(O)c1ccccc1. The van der Waals surface area contributed by atoms with E-state index < -0.39 is 12.1 Å². The Morgan fingerprint density at radius 1 is 1.32 bits per heavy atom. The van der Waals surface area contributed by atoms with Crippen LogP contribution in [0.1, 0.15) is 43.8 Å². The molecule has 2 fully saturated rings. The molecule has 5 atom stereocenters. The van der Waals surface area contributed by atoms with Gasteiger partial charge in [0.05, 0.1) is 24.3 Å². The highest BCUT2D eigenvalue weighted by molar-refractivity contribution is 5.93. The molecule has 6 heteroatoms. The Hall–Kier alpha value is -1.92. The summed E-state index contributed by atoms with van der Waals surface area (Å²) in [6.07, 6.45) is 1.96. The molecule has 0 aromatic heterocycles. The van der Waals surface area contributed by atoms with Crippen LogP contribution in [0, 0.1) is 17.8 Å². The van der Waals surface area contributed by atoms with Crippen molar-refractivity contribution in [3.05, 3.63) is 35.9 Å². The van der Waals surface area contributed by atoms with Crippen LogP contribution in [0.4, 0.5) is 0 Å². The van der Waals surface area contributed by atoms with E-state index in [1.54, 1.807) is 0 Å². The van der Waals surface area contributed by atoms with Crippen LogP contribution in [0.3, 0.4) is 0 Å². The van der Waals surface area contributed by atoms with Gasteiger partial charge in [0, 0.05) is 5.92 Å². The van der Waals surface area contributed by atoms with Gasteiger partial charge >= 0.3 is 5.97 Å². The first-order valence-electron chi connectivity index (χ1n) is 8.88. The summed E-state index contributed by atoms with van der Waals surface area (Å²) in [5, 5.41) is 33.3. The van der Waals surface area contributed by atoms with Crippen LogP contribution >= 0.6 is 0 Å². The molecule has 0 bridgehead atoms. The summed E-state index contributed by atoms with van der Waals surface area (Å²) < 4.78 is 0. The standard InChI is InChI=1S/C19H25NO5/c21-17(12-4-2-1-3-5-12)7-6-13-14-10-16(15(14)11-18(13)22)20-25-9-8-19(23)24/h1-5,13-15,17-18,21-22H,6-11H2,(H,23,24). The minimum atomic E-state index is -0.903. The van der Waals surface area contributed by atoms with Gasteiger partial charge in [-0.1, -0.05) is 35.5 Å². The van der Waals surface area contributed by atoms with E-state index in [0.29, 0.717) is 18.8 Å². The molecule has 0 saturated heterocycles. The topological polar surface area (TPSA) is 99.4 Å². The van der Waals surface area contributed by atoms with Crippen LogP contribution in [0.2, 0.25) is 0 Å². The Labute approximate surface area is 147 Å². The van der Waals surface area contributed by atoms with E-state index in [0.717, 1.165) is 24.1 Å². The molecule has 25 heavy (non-hydrogen) atoms. The minimum Gasteiger partial charge on any atom is -0.481 e. The maximum atomic E-state index is 10.4. The van der Waals surface area contributed by atoms with Crippen molar-refractivity contribution >= 4 is 11.7 Å². The van der Waals surface area contributed by atoms with Gasteiger partial charge in [-0.3, -0.25) is 4.79 Å². The van der Waals surface area contributed by atoms with E-state index in [1.165, 1.54) is 0 Å². The number of nitrogens with zero attached hydrogens (tertiary/aromatic N) is 1. The molecule has 0 amide bonds. The van der Waals surface area contributed by atoms with E-state index in [9.17, 15) is 15.0 Å². The lowest BCUT2D eigenvalue weighted by Gasteiger charge is -2.35. The Balaban J connectivity index is 1.47. The maximum Gasteiger partial charge on any atom is 0.306 e. The quantitative estimate of drug-likeness (QED) is 0.495. The van der Waals surface area contributed by atoms with Crippen molar-refractivity contribution in [2.45, 2.75) is 44.3 Å². The van der Waals surface area contributed by atoms with Gasteiger partial charge in [-0.25, -0.2) is 0 Å². The van der Waals surface area contributed by atoms with Crippen molar-refractivity contribution in [1.29, 1.82) is 0 Å². The third-order valence-corrected chi connectivity index (χ3v) is 5.48. The summed E-state index contributed by atoms with van der Waals surface area (Å²) in [5.74, 6) is -0.0974. The van der Waals surface area contributed by atoms with Crippen molar-refractivity contribution in [2.75, 3.05) is 6.61 Å². The fourth-order valence-corrected chi connectivity index (χ4v) is 4.07. The fraction of sp³-hybridized carbons (Fsp3) is 0.579. The number of fused-ring (bicyclic) bond motifs is 1. The predicted molar refractivity (Wildman–Crippen MR) is 92.0 cm³/mol. The Morgan fingerprint density at radius 2 is 2.08 bits per heavy atom. The number of rotatable bonds is 8. The normalized spacial score (nSPS) is 30.6. The Bertz CT molecular complexity index is 618. The lowest BCUT2D eigenvalue weighted by Crippen LogP contribution is -2.36. The largest absolute Gasteiger partial charge is 0.481 e. The van der Waals surface area contributed by atoms with Gasteiger partial charge in [0.2, 0.25) is 0 Å². The summed E-state index contributed by atoms with van der Waals surface area (Å²) in [7, 11) is 0. The first kappa shape index (κ1) is 17.9. The van der Waals surface area contributed by atoms with Crippen LogP contribution in [0.25, 0.3) is 0 Å². The van der Waals surface area contributed by atoms with Gasteiger partial charge in [-0.2, -0.15) is 0 Å². The molecule has 3 rings (SSSR count). The molecule has 0 radical (unpaired) electrons. The number of hydrogen-bond donors (Lipinski definition) is 3. The maximum absolute atomic E-state index is 10.4. The van der Waals surface area contributed by atoms with Crippen molar-refractivity contribution in [2.24, 2.45) is 22.9 Å². The molecule has 6 nitrogen and oxygen atoms in total.